The summed E-state index contributed by atoms with van der Waals surface area (Å²) in [5.74, 6) is 0.765. The number of pyridine rings is 1. The average Bonchev–Trinajstić information content (AvgIpc) is 2.72. The first kappa shape index (κ1) is 13.6. The molecule has 1 aromatic heterocycles. The van der Waals surface area contributed by atoms with Gasteiger partial charge in [0.15, 0.2) is 0 Å². The lowest BCUT2D eigenvalue weighted by atomic mass is 9.69. The van der Waals surface area contributed by atoms with Gasteiger partial charge in [-0.3, -0.25) is 9.78 Å². The first-order valence-electron chi connectivity index (χ1n) is 7.58. The second kappa shape index (κ2) is 4.31. The fourth-order valence-electron chi connectivity index (χ4n) is 4.27. The Hall–Kier alpha value is -1.38. The van der Waals surface area contributed by atoms with Gasteiger partial charge in [0.1, 0.15) is 0 Å². The molecule has 0 spiro atoms. The lowest BCUT2D eigenvalue weighted by molar-refractivity contribution is 0.0826. The summed E-state index contributed by atoms with van der Waals surface area (Å²) in [5.41, 5.74) is 2.16. The van der Waals surface area contributed by atoms with E-state index in [2.05, 4.69) is 31.1 Å². The molecule has 2 bridgehead atoms. The highest BCUT2D eigenvalue weighted by molar-refractivity contribution is 5.94. The quantitative estimate of drug-likeness (QED) is 0.897. The Morgan fingerprint density at radius 3 is 2.60 bits per heavy atom. The van der Waals surface area contributed by atoms with Crippen LogP contribution in [0.15, 0.2) is 18.3 Å². The van der Waals surface area contributed by atoms with Gasteiger partial charge in [0.25, 0.3) is 5.91 Å². The number of hydrogen-bond donors (Lipinski definition) is 1. The van der Waals surface area contributed by atoms with E-state index in [1.54, 1.807) is 6.20 Å². The number of nitrogens with one attached hydrogen (secondary N) is 1. The van der Waals surface area contributed by atoms with E-state index in [9.17, 15) is 4.79 Å². The van der Waals surface area contributed by atoms with E-state index in [1.165, 1.54) is 12.8 Å². The van der Waals surface area contributed by atoms with Gasteiger partial charge in [-0.05, 0) is 55.1 Å². The Bertz CT molecular complexity index is 534. The van der Waals surface area contributed by atoms with Gasteiger partial charge in [-0.1, -0.05) is 20.8 Å². The minimum Gasteiger partial charge on any atom is -0.349 e. The third-order valence-corrected chi connectivity index (χ3v) is 6.27. The van der Waals surface area contributed by atoms with Gasteiger partial charge in [-0.2, -0.15) is 0 Å². The van der Waals surface area contributed by atoms with Crippen molar-refractivity contribution in [3.63, 3.8) is 0 Å². The molecule has 20 heavy (non-hydrogen) atoms. The first-order valence-corrected chi connectivity index (χ1v) is 7.58. The molecule has 0 radical (unpaired) electrons. The van der Waals surface area contributed by atoms with E-state index >= 15 is 0 Å². The van der Waals surface area contributed by atoms with Gasteiger partial charge in [-0.15, -0.1) is 0 Å². The zero-order valence-corrected chi connectivity index (χ0v) is 12.9. The molecule has 0 aliphatic heterocycles. The average molecular weight is 272 g/mol. The van der Waals surface area contributed by atoms with Crippen LogP contribution in [0.2, 0.25) is 0 Å². The molecule has 3 unspecified atom stereocenters. The van der Waals surface area contributed by atoms with Crippen LogP contribution in [0.3, 0.4) is 0 Å². The van der Waals surface area contributed by atoms with Crippen molar-refractivity contribution < 1.29 is 4.79 Å². The van der Waals surface area contributed by atoms with Crippen molar-refractivity contribution in [3.8, 4) is 0 Å². The molecular weight excluding hydrogens is 248 g/mol. The van der Waals surface area contributed by atoms with E-state index in [0.717, 1.165) is 18.0 Å². The SMILES string of the molecule is Cc1ccc(C(=O)NC2CC3CCC2(C)C3(C)C)cn1. The maximum atomic E-state index is 12.4. The molecule has 3 heteroatoms. The summed E-state index contributed by atoms with van der Waals surface area (Å²) in [4.78, 5) is 16.6. The molecule has 0 saturated heterocycles. The van der Waals surface area contributed by atoms with Crippen LogP contribution in [0, 0.1) is 23.7 Å². The van der Waals surface area contributed by atoms with Gasteiger partial charge < -0.3 is 5.32 Å². The normalized spacial score (nSPS) is 34.2. The number of rotatable bonds is 2. The summed E-state index contributed by atoms with van der Waals surface area (Å²) in [5, 5.41) is 3.26. The molecule has 0 aromatic carbocycles. The van der Waals surface area contributed by atoms with Crippen LogP contribution in [0.1, 0.15) is 56.1 Å². The van der Waals surface area contributed by atoms with Gasteiger partial charge in [0.05, 0.1) is 5.56 Å². The summed E-state index contributed by atoms with van der Waals surface area (Å²) in [6, 6.07) is 4.05. The molecule has 2 aliphatic carbocycles. The first-order chi connectivity index (χ1) is 9.34. The van der Waals surface area contributed by atoms with Gasteiger partial charge in [0, 0.05) is 17.9 Å². The molecule has 2 fully saturated rings. The monoisotopic (exact) mass is 272 g/mol. The Balaban J connectivity index is 1.76. The lowest BCUT2D eigenvalue weighted by Gasteiger charge is -2.39. The molecule has 3 nitrogen and oxygen atoms in total. The second-order valence-corrected chi connectivity index (χ2v) is 7.32. The van der Waals surface area contributed by atoms with Gasteiger partial charge >= 0.3 is 0 Å². The van der Waals surface area contributed by atoms with Gasteiger partial charge in [-0.25, -0.2) is 0 Å². The topological polar surface area (TPSA) is 42.0 Å². The fraction of sp³-hybridized carbons (Fsp3) is 0.647. The molecular formula is C17H24N2O. The molecule has 2 aliphatic rings. The Morgan fingerprint density at radius 1 is 1.35 bits per heavy atom. The van der Waals surface area contributed by atoms with Crippen LogP contribution in [0.25, 0.3) is 0 Å². The van der Waals surface area contributed by atoms with E-state index in [-0.39, 0.29) is 11.3 Å². The van der Waals surface area contributed by atoms with Crippen molar-refractivity contribution in [2.24, 2.45) is 16.7 Å². The smallest absolute Gasteiger partial charge is 0.253 e. The van der Waals surface area contributed by atoms with Crippen molar-refractivity contribution in [1.29, 1.82) is 0 Å². The number of aryl methyl sites for hydroxylation is 1. The molecule has 1 heterocycles. The minimum atomic E-state index is 0.0204. The number of carbonyl (C=O) groups excluding carboxylic acids is 1. The van der Waals surface area contributed by atoms with E-state index in [0.29, 0.717) is 17.0 Å². The van der Waals surface area contributed by atoms with Crippen molar-refractivity contribution in [1.82, 2.24) is 10.3 Å². The Morgan fingerprint density at radius 2 is 2.10 bits per heavy atom. The fourth-order valence-corrected chi connectivity index (χ4v) is 4.27. The standard InChI is InChI=1S/C17H24N2O/c1-11-5-6-12(10-18-11)15(20)19-14-9-13-7-8-17(14,4)16(13,2)3/h5-6,10,13-14H,7-9H2,1-4H3,(H,19,20). The zero-order chi connectivity index (χ0) is 14.5. The molecule has 1 N–H and O–H groups in total. The number of amides is 1. The van der Waals surface area contributed by atoms with Crippen molar-refractivity contribution in [2.75, 3.05) is 0 Å². The maximum absolute atomic E-state index is 12.4. The van der Waals surface area contributed by atoms with Crippen LogP contribution in [0.5, 0.6) is 0 Å². The maximum Gasteiger partial charge on any atom is 0.253 e. The predicted molar refractivity (Wildman–Crippen MR) is 79.5 cm³/mol. The van der Waals surface area contributed by atoms with E-state index < -0.39 is 0 Å². The van der Waals surface area contributed by atoms with Crippen molar-refractivity contribution >= 4 is 5.91 Å². The highest BCUT2D eigenvalue weighted by Crippen LogP contribution is 2.65. The predicted octanol–water partition coefficient (Wildman–Crippen LogP) is 3.33. The number of carbonyl (C=O) groups is 1. The Labute approximate surface area is 121 Å². The van der Waals surface area contributed by atoms with Crippen LogP contribution in [0.4, 0.5) is 0 Å². The summed E-state index contributed by atoms with van der Waals surface area (Å²) in [6.45, 7) is 9.01. The summed E-state index contributed by atoms with van der Waals surface area (Å²) in [7, 11) is 0. The molecule has 1 amide bonds. The highest BCUT2D eigenvalue weighted by atomic mass is 16.1. The second-order valence-electron chi connectivity index (χ2n) is 7.32. The van der Waals surface area contributed by atoms with Crippen LogP contribution in [-0.4, -0.2) is 16.9 Å². The number of nitrogens with zero attached hydrogens (tertiary/aromatic N) is 1. The van der Waals surface area contributed by atoms with Crippen LogP contribution < -0.4 is 5.32 Å². The Kier molecular flexibility index (Phi) is 2.93. The lowest BCUT2D eigenvalue weighted by Crippen LogP contribution is -2.46. The summed E-state index contributed by atoms with van der Waals surface area (Å²) < 4.78 is 0. The number of fused-ring (bicyclic) bond motifs is 2. The third kappa shape index (κ3) is 1.79. The van der Waals surface area contributed by atoms with Crippen molar-refractivity contribution in [3.05, 3.63) is 29.6 Å². The van der Waals surface area contributed by atoms with Crippen molar-refractivity contribution in [2.45, 2.75) is 53.0 Å². The minimum absolute atomic E-state index is 0.0204. The highest BCUT2D eigenvalue weighted by Gasteiger charge is 2.61. The van der Waals surface area contributed by atoms with Gasteiger partial charge in [0.2, 0.25) is 0 Å². The number of hydrogen-bond acceptors (Lipinski definition) is 2. The van der Waals surface area contributed by atoms with E-state index in [4.69, 9.17) is 0 Å². The molecule has 1 aromatic rings. The summed E-state index contributed by atoms with van der Waals surface area (Å²) in [6.07, 6.45) is 5.32. The third-order valence-electron chi connectivity index (χ3n) is 6.27. The van der Waals surface area contributed by atoms with Crippen LogP contribution >= 0.6 is 0 Å². The molecule has 3 rings (SSSR count). The molecule has 108 valence electrons. The molecule has 3 atom stereocenters. The van der Waals surface area contributed by atoms with E-state index in [1.807, 2.05) is 19.1 Å². The largest absolute Gasteiger partial charge is 0.349 e. The molecule has 2 saturated carbocycles. The number of aromatic nitrogens is 1. The summed E-state index contributed by atoms with van der Waals surface area (Å²) >= 11 is 0. The van der Waals surface area contributed by atoms with Crippen LogP contribution in [-0.2, 0) is 0 Å². The zero-order valence-electron chi connectivity index (χ0n) is 12.9.